The highest BCUT2D eigenvalue weighted by molar-refractivity contribution is 7.25. The number of alkyl halides is 3. The Morgan fingerprint density at radius 1 is 0.613 bits per heavy atom. The third-order valence-electron chi connectivity index (χ3n) is 4.72. The van der Waals surface area contributed by atoms with Crippen LogP contribution in [0, 0.1) is 0 Å². The van der Waals surface area contributed by atoms with Gasteiger partial charge in [0.1, 0.15) is 0 Å². The molecule has 156 valence electrons. The summed E-state index contributed by atoms with van der Waals surface area (Å²) in [5.41, 5.74) is 2.09. The van der Waals surface area contributed by atoms with Gasteiger partial charge in [-0.25, -0.2) is 0 Å². The maximum absolute atomic E-state index is 12.6. The summed E-state index contributed by atoms with van der Waals surface area (Å²) in [6, 6.07) is 20.9. The number of carbonyl (C=O) groups is 2. The summed E-state index contributed by atoms with van der Waals surface area (Å²) in [5.74, 6) is -1.81. The molecule has 0 saturated carbocycles. The molecule has 2 nitrogen and oxygen atoms in total. The number of carbonyl (C=O) groups excluding carboxylic acids is 2. The summed E-state index contributed by atoms with van der Waals surface area (Å²) in [7, 11) is 0. The van der Waals surface area contributed by atoms with Crippen LogP contribution in [0.2, 0.25) is 0 Å². The van der Waals surface area contributed by atoms with E-state index in [0.29, 0.717) is 5.56 Å². The summed E-state index contributed by atoms with van der Waals surface area (Å²) in [4.78, 5) is 26.9. The van der Waals surface area contributed by atoms with Gasteiger partial charge in [0.05, 0.1) is 0 Å². The first-order chi connectivity index (χ1) is 14.7. The Balaban J connectivity index is 1.54. The van der Waals surface area contributed by atoms with Crippen LogP contribution in [0.3, 0.4) is 0 Å². The van der Waals surface area contributed by atoms with Crippen LogP contribution >= 0.6 is 22.7 Å². The minimum atomic E-state index is -4.87. The molecule has 0 aliphatic rings. The molecular weight excluding hydrogens is 441 g/mol. The Kier molecular flexibility index (Phi) is 5.64. The van der Waals surface area contributed by atoms with Gasteiger partial charge in [0, 0.05) is 30.6 Å². The van der Waals surface area contributed by atoms with Gasteiger partial charge < -0.3 is 0 Å². The molecule has 0 atom stereocenters. The monoisotopic (exact) mass is 456 g/mol. The van der Waals surface area contributed by atoms with E-state index in [9.17, 15) is 22.8 Å². The lowest BCUT2D eigenvalue weighted by Crippen LogP contribution is -2.22. The normalized spacial score (nSPS) is 11.5. The smallest absolute Gasteiger partial charge is 0.295 e. The van der Waals surface area contributed by atoms with Gasteiger partial charge in [0.15, 0.2) is 5.78 Å². The number of halogens is 3. The molecular formula is C24H15F3O2S2. The van der Waals surface area contributed by atoms with E-state index in [0.717, 1.165) is 30.6 Å². The van der Waals surface area contributed by atoms with E-state index in [2.05, 4.69) is 0 Å². The van der Waals surface area contributed by atoms with Gasteiger partial charge in [-0.15, -0.1) is 22.7 Å². The van der Waals surface area contributed by atoms with E-state index < -0.39 is 12.0 Å². The second-order valence-corrected chi connectivity index (χ2v) is 9.03. The Labute approximate surface area is 184 Å². The minimum Gasteiger partial charge on any atom is -0.295 e. The summed E-state index contributed by atoms with van der Waals surface area (Å²) in [6.07, 6.45) is -4.87. The van der Waals surface area contributed by atoms with Crippen molar-refractivity contribution in [3.8, 4) is 30.6 Å². The summed E-state index contributed by atoms with van der Waals surface area (Å²) in [5, 5.41) is 0. The summed E-state index contributed by atoms with van der Waals surface area (Å²) < 4.78 is 37.7. The van der Waals surface area contributed by atoms with Gasteiger partial charge in [-0.3, -0.25) is 9.59 Å². The van der Waals surface area contributed by atoms with Crippen LogP contribution in [-0.2, 0) is 0 Å². The highest BCUT2D eigenvalue weighted by atomic mass is 32.1. The number of thiophene rings is 2. The molecule has 0 aliphatic carbocycles. The van der Waals surface area contributed by atoms with Crippen molar-refractivity contribution in [3.63, 3.8) is 0 Å². The number of ketones is 2. The lowest BCUT2D eigenvalue weighted by Gasteiger charge is -2.05. The molecule has 2 aromatic carbocycles. The number of benzene rings is 2. The van der Waals surface area contributed by atoms with Crippen LogP contribution in [0.15, 0.2) is 72.8 Å². The highest BCUT2D eigenvalue weighted by Gasteiger charge is 2.39. The average molecular weight is 457 g/mol. The van der Waals surface area contributed by atoms with E-state index >= 15 is 0 Å². The second kappa shape index (κ2) is 8.24. The molecule has 0 N–H and O–H groups in total. The SMILES string of the molecule is CC(=O)c1ccc(-c2ccc(-c3ccc(-c4ccc(C(=O)C(F)(F)F)cc4)s3)s2)cc1. The predicted molar refractivity (Wildman–Crippen MR) is 119 cm³/mol. The van der Waals surface area contributed by atoms with Crippen molar-refractivity contribution in [3.05, 3.63) is 83.9 Å². The zero-order valence-corrected chi connectivity index (χ0v) is 17.8. The first-order valence-electron chi connectivity index (χ1n) is 9.26. The molecule has 2 aromatic heterocycles. The molecule has 0 fully saturated rings. The van der Waals surface area contributed by atoms with Gasteiger partial charge in [0.25, 0.3) is 5.78 Å². The first kappa shape index (κ1) is 21.2. The van der Waals surface area contributed by atoms with E-state index in [1.807, 2.05) is 48.5 Å². The molecule has 4 aromatic rings. The average Bonchev–Trinajstić information content (AvgIpc) is 3.42. The van der Waals surface area contributed by atoms with Crippen LogP contribution in [-0.4, -0.2) is 17.7 Å². The van der Waals surface area contributed by atoms with E-state index in [1.54, 1.807) is 11.3 Å². The van der Waals surface area contributed by atoms with Crippen molar-refractivity contribution in [1.29, 1.82) is 0 Å². The van der Waals surface area contributed by atoms with E-state index in [4.69, 9.17) is 0 Å². The Bertz CT molecular complexity index is 1250. The first-order valence-corrected chi connectivity index (χ1v) is 10.9. The lowest BCUT2D eigenvalue weighted by molar-refractivity contribution is -0.0885. The van der Waals surface area contributed by atoms with Crippen LogP contribution in [0.25, 0.3) is 30.6 Å². The standard InChI is InChI=1S/C24H15F3O2S2/c1-14(28)15-2-4-16(5-3-15)19-10-12-21(30-19)22-13-11-20(31-22)17-6-8-18(9-7-17)23(29)24(25,26)27/h2-13H,1H3. The molecule has 2 heterocycles. The van der Waals surface area contributed by atoms with Gasteiger partial charge >= 0.3 is 6.18 Å². The number of Topliss-reactive ketones (excluding diaryl/α,β-unsaturated/α-hetero) is 2. The zero-order chi connectivity index (χ0) is 22.2. The van der Waals surface area contributed by atoms with Gasteiger partial charge in [0.2, 0.25) is 0 Å². The molecule has 7 heteroatoms. The van der Waals surface area contributed by atoms with Crippen molar-refractivity contribution >= 4 is 34.2 Å². The van der Waals surface area contributed by atoms with Crippen LogP contribution in [0.4, 0.5) is 13.2 Å². The fraction of sp³-hybridized carbons (Fsp3) is 0.0833. The molecule has 0 radical (unpaired) electrons. The van der Waals surface area contributed by atoms with Crippen LogP contribution < -0.4 is 0 Å². The fourth-order valence-electron chi connectivity index (χ4n) is 3.07. The maximum atomic E-state index is 12.6. The molecule has 31 heavy (non-hydrogen) atoms. The molecule has 0 saturated heterocycles. The highest BCUT2D eigenvalue weighted by Crippen LogP contribution is 2.40. The van der Waals surface area contributed by atoms with Crippen LogP contribution in [0.1, 0.15) is 27.6 Å². The van der Waals surface area contributed by atoms with Crippen molar-refractivity contribution in [2.75, 3.05) is 0 Å². The van der Waals surface area contributed by atoms with Gasteiger partial charge in [-0.1, -0.05) is 48.5 Å². The van der Waals surface area contributed by atoms with Crippen molar-refractivity contribution < 1.29 is 22.8 Å². The van der Waals surface area contributed by atoms with E-state index in [1.165, 1.54) is 42.5 Å². The van der Waals surface area contributed by atoms with Crippen molar-refractivity contribution in [2.24, 2.45) is 0 Å². The minimum absolute atomic E-state index is 0.0281. The number of hydrogen-bond donors (Lipinski definition) is 0. The molecule has 0 aliphatic heterocycles. The maximum Gasteiger partial charge on any atom is 0.454 e. The molecule has 0 spiro atoms. The third-order valence-corrected chi connectivity index (χ3v) is 7.18. The zero-order valence-electron chi connectivity index (χ0n) is 16.2. The van der Waals surface area contributed by atoms with Crippen molar-refractivity contribution in [1.82, 2.24) is 0 Å². The van der Waals surface area contributed by atoms with Crippen molar-refractivity contribution in [2.45, 2.75) is 13.1 Å². The van der Waals surface area contributed by atoms with Gasteiger partial charge in [-0.05, 0) is 42.3 Å². The Morgan fingerprint density at radius 3 is 1.39 bits per heavy atom. The third kappa shape index (κ3) is 4.52. The predicted octanol–water partition coefficient (Wildman–Crippen LogP) is 7.76. The topological polar surface area (TPSA) is 34.1 Å². The quantitative estimate of drug-likeness (QED) is 0.288. The molecule has 0 amide bonds. The summed E-state index contributed by atoms with van der Waals surface area (Å²) in [6.45, 7) is 1.54. The second-order valence-electron chi connectivity index (χ2n) is 6.87. The van der Waals surface area contributed by atoms with Gasteiger partial charge in [-0.2, -0.15) is 13.2 Å². The Morgan fingerprint density at radius 2 is 1.00 bits per heavy atom. The lowest BCUT2D eigenvalue weighted by atomic mass is 10.1. The Hall–Kier alpha value is -3.03. The summed E-state index contributed by atoms with van der Waals surface area (Å²) >= 11 is 3.16. The van der Waals surface area contributed by atoms with Crippen LogP contribution in [0.5, 0.6) is 0 Å². The number of rotatable bonds is 5. The number of hydrogen-bond acceptors (Lipinski definition) is 4. The largest absolute Gasteiger partial charge is 0.454 e. The molecule has 4 rings (SSSR count). The molecule has 0 unspecified atom stereocenters. The molecule has 0 bridgehead atoms. The fourth-order valence-corrected chi connectivity index (χ4v) is 5.18. The van der Waals surface area contributed by atoms with E-state index in [-0.39, 0.29) is 11.3 Å².